The Balaban J connectivity index is 1.85. The Kier molecular flexibility index (Phi) is 3.02. The smallest absolute Gasteiger partial charge is 0.0672 e. The summed E-state index contributed by atoms with van der Waals surface area (Å²) in [6, 6.07) is 2.74. The van der Waals surface area contributed by atoms with E-state index < -0.39 is 0 Å². The van der Waals surface area contributed by atoms with E-state index in [2.05, 4.69) is 16.5 Å². The SMILES string of the molecule is Cn1cc(CNC2CCCC2C#N)cn1. The molecule has 1 fully saturated rings. The summed E-state index contributed by atoms with van der Waals surface area (Å²) in [6.07, 6.45) is 7.20. The Hall–Kier alpha value is -1.34. The van der Waals surface area contributed by atoms with E-state index in [-0.39, 0.29) is 5.92 Å². The van der Waals surface area contributed by atoms with Gasteiger partial charge in [-0.2, -0.15) is 10.4 Å². The van der Waals surface area contributed by atoms with Crippen LogP contribution in [0.2, 0.25) is 0 Å². The summed E-state index contributed by atoms with van der Waals surface area (Å²) in [7, 11) is 1.91. The van der Waals surface area contributed by atoms with Crippen LogP contribution in [-0.2, 0) is 13.6 Å². The molecule has 0 radical (unpaired) electrons. The lowest BCUT2D eigenvalue weighted by Crippen LogP contribution is -2.31. The van der Waals surface area contributed by atoms with Gasteiger partial charge >= 0.3 is 0 Å². The topological polar surface area (TPSA) is 53.6 Å². The summed E-state index contributed by atoms with van der Waals surface area (Å²) in [6.45, 7) is 0.816. The van der Waals surface area contributed by atoms with Gasteiger partial charge in [0, 0.05) is 31.4 Å². The Labute approximate surface area is 89.9 Å². The molecule has 1 aliphatic carbocycles. The van der Waals surface area contributed by atoms with E-state index in [1.807, 2.05) is 19.4 Å². The van der Waals surface area contributed by atoms with Crippen molar-refractivity contribution in [3.05, 3.63) is 18.0 Å². The number of nitriles is 1. The van der Waals surface area contributed by atoms with Crippen LogP contribution in [0.3, 0.4) is 0 Å². The minimum Gasteiger partial charge on any atom is -0.308 e. The molecule has 1 saturated carbocycles. The molecule has 0 saturated heterocycles. The van der Waals surface area contributed by atoms with Crippen LogP contribution in [0.4, 0.5) is 0 Å². The lowest BCUT2D eigenvalue weighted by atomic mass is 10.1. The summed E-state index contributed by atoms with van der Waals surface area (Å²) in [5.41, 5.74) is 1.18. The Morgan fingerprint density at radius 3 is 3.20 bits per heavy atom. The first-order valence-corrected chi connectivity index (χ1v) is 5.40. The molecule has 2 atom stereocenters. The molecule has 0 amide bonds. The Morgan fingerprint density at radius 1 is 1.67 bits per heavy atom. The summed E-state index contributed by atoms with van der Waals surface area (Å²) < 4.78 is 1.80. The van der Waals surface area contributed by atoms with Crippen molar-refractivity contribution in [1.82, 2.24) is 15.1 Å². The van der Waals surface area contributed by atoms with E-state index in [4.69, 9.17) is 5.26 Å². The predicted molar refractivity (Wildman–Crippen MR) is 56.8 cm³/mol. The van der Waals surface area contributed by atoms with E-state index in [1.54, 1.807) is 4.68 Å². The maximum absolute atomic E-state index is 8.93. The molecule has 4 nitrogen and oxygen atoms in total. The van der Waals surface area contributed by atoms with Crippen molar-refractivity contribution in [3.8, 4) is 6.07 Å². The first-order valence-electron chi connectivity index (χ1n) is 5.40. The molecule has 1 aromatic heterocycles. The Bertz CT molecular complexity index is 363. The number of hydrogen-bond acceptors (Lipinski definition) is 3. The van der Waals surface area contributed by atoms with Crippen LogP contribution in [0, 0.1) is 17.2 Å². The molecule has 1 aromatic rings. The van der Waals surface area contributed by atoms with Gasteiger partial charge in [0.25, 0.3) is 0 Å². The van der Waals surface area contributed by atoms with Gasteiger partial charge in [-0.15, -0.1) is 0 Å². The molecule has 2 rings (SSSR count). The molecule has 1 N–H and O–H groups in total. The summed E-state index contributed by atoms with van der Waals surface area (Å²) >= 11 is 0. The van der Waals surface area contributed by atoms with Crippen LogP contribution >= 0.6 is 0 Å². The quantitative estimate of drug-likeness (QED) is 0.805. The van der Waals surface area contributed by atoms with E-state index in [0.717, 1.165) is 19.4 Å². The molecule has 15 heavy (non-hydrogen) atoms. The number of nitrogens with one attached hydrogen (secondary N) is 1. The van der Waals surface area contributed by atoms with Gasteiger partial charge in [-0.1, -0.05) is 6.42 Å². The zero-order valence-electron chi connectivity index (χ0n) is 8.98. The minimum atomic E-state index is 0.196. The van der Waals surface area contributed by atoms with E-state index in [0.29, 0.717) is 6.04 Å². The number of rotatable bonds is 3. The average Bonchev–Trinajstić information content (AvgIpc) is 2.83. The predicted octanol–water partition coefficient (Wildman–Crippen LogP) is 1.20. The fourth-order valence-electron chi connectivity index (χ4n) is 2.17. The largest absolute Gasteiger partial charge is 0.308 e. The van der Waals surface area contributed by atoms with Crippen molar-refractivity contribution in [1.29, 1.82) is 5.26 Å². The number of hydrogen-bond donors (Lipinski definition) is 1. The van der Waals surface area contributed by atoms with Crippen LogP contribution in [-0.4, -0.2) is 15.8 Å². The first-order chi connectivity index (χ1) is 7.29. The second kappa shape index (κ2) is 4.45. The zero-order chi connectivity index (χ0) is 10.7. The fourth-order valence-corrected chi connectivity index (χ4v) is 2.17. The third-order valence-corrected chi connectivity index (χ3v) is 3.01. The van der Waals surface area contributed by atoms with E-state index in [9.17, 15) is 0 Å². The molecule has 1 heterocycles. The van der Waals surface area contributed by atoms with Crippen molar-refractivity contribution in [2.24, 2.45) is 13.0 Å². The molecule has 0 spiro atoms. The highest BCUT2D eigenvalue weighted by Crippen LogP contribution is 2.24. The molecule has 0 aliphatic heterocycles. The van der Waals surface area contributed by atoms with Crippen molar-refractivity contribution in [2.45, 2.75) is 31.8 Å². The van der Waals surface area contributed by atoms with Crippen LogP contribution < -0.4 is 5.32 Å². The minimum absolute atomic E-state index is 0.196. The highest BCUT2D eigenvalue weighted by atomic mass is 15.2. The average molecular weight is 204 g/mol. The maximum Gasteiger partial charge on any atom is 0.0672 e. The maximum atomic E-state index is 8.93. The summed E-state index contributed by atoms with van der Waals surface area (Å²) in [4.78, 5) is 0. The molecule has 0 bridgehead atoms. The summed E-state index contributed by atoms with van der Waals surface area (Å²) in [5, 5.41) is 16.5. The van der Waals surface area contributed by atoms with Crippen molar-refractivity contribution in [2.75, 3.05) is 0 Å². The van der Waals surface area contributed by atoms with Gasteiger partial charge in [-0.3, -0.25) is 4.68 Å². The molecular weight excluding hydrogens is 188 g/mol. The molecule has 1 aliphatic rings. The fraction of sp³-hybridized carbons (Fsp3) is 0.636. The van der Waals surface area contributed by atoms with Crippen molar-refractivity contribution >= 4 is 0 Å². The van der Waals surface area contributed by atoms with Crippen LogP contribution in [0.15, 0.2) is 12.4 Å². The first kappa shape index (κ1) is 10.2. The van der Waals surface area contributed by atoms with Gasteiger partial charge in [0.15, 0.2) is 0 Å². The van der Waals surface area contributed by atoms with Gasteiger partial charge < -0.3 is 5.32 Å². The normalized spacial score (nSPS) is 25.3. The van der Waals surface area contributed by atoms with Gasteiger partial charge in [-0.05, 0) is 12.8 Å². The van der Waals surface area contributed by atoms with Crippen LogP contribution in [0.1, 0.15) is 24.8 Å². The monoisotopic (exact) mass is 204 g/mol. The highest BCUT2D eigenvalue weighted by molar-refractivity contribution is 5.04. The van der Waals surface area contributed by atoms with E-state index >= 15 is 0 Å². The third-order valence-electron chi connectivity index (χ3n) is 3.01. The lowest BCUT2D eigenvalue weighted by molar-refractivity contribution is 0.464. The van der Waals surface area contributed by atoms with Gasteiger partial charge in [0.1, 0.15) is 0 Å². The van der Waals surface area contributed by atoms with Gasteiger partial charge in [-0.25, -0.2) is 0 Å². The standard InChI is InChI=1S/C11H16N4/c1-15-8-9(7-14-15)6-13-11-4-2-3-10(11)5-12/h7-8,10-11,13H,2-4,6H2,1H3. The second-order valence-electron chi connectivity index (χ2n) is 4.18. The van der Waals surface area contributed by atoms with Gasteiger partial charge in [0.2, 0.25) is 0 Å². The van der Waals surface area contributed by atoms with Crippen LogP contribution in [0.5, 0.6) is 0 Å². The molecule has 80 valence electrons. The van der Waals surface area contributed by atoms with Crippen molar-refractivity contribution < 1.29 is 0 Å². The zero-order valence-corrected chi connectivity index (χ0v) is 8.98. The van der Waals surface area contributed by atoms with Gasteiger partial charge in [0.05, 0.1) is 18.2 Å². The Morgan fingerprint density at radius 2 is 2.53 bits per heavy atom. The lowest BCUT2D eigenvalue weighted by Gasteiger charge is -2.14. The third kappa shape index (κ3) is 2.37. The number of nitrogens with zero attached hydrogens (tertiary/aromatic N) is 3. The van der Waals surface area contributed by atoms with E-state index in [1.165, 1.54) is 12.0 Å². The van der Waals surface area contributed by atoms with Crippen LogP contribution in [0.25, 0.3) is 0 Å². The highest BCUT2D eigenvalue weighted by Gasteiger charge is 2.26. The number of aryl methyl sites for hydroxylation is 1. The second-order valence-corrected chi connectivity index (χ2v) is 4.18. The molecule has 0 aromatic carbocycles. The van der Waals surface area contributed by atoms with Crippen molar-refractivity contribution in [3.63, 3.8) is 0 Å². The summed E-state index contributed by atoms with van der Waals surface area (Å²) in [5.74, 6) is 0.196. The molecule has 2 unspecified atom stereocenters. The number of aromatic nitrogens is 2. The molecule has 4 heteroatoms. The molecular formula is C11H16N4.